The molecule has 1 aromatic carbocycles. The van der Waals surface area contributed by atoms with Crippen LogP contribution in [-0.2, 0) is 17.5 Å². The van der Waals surface area contributed by atoms with Crippen molar-refractivity contribution in [2.24, 2.45) is 0 Å². The van der Waals surface area contributed by atoms with Crippen LogP contribution in [0.4, 0.5) is 19.0 Å². The van der Waals surface area contributed by atoms with Crippen LogP contribution in [0, 0.1) is 13.8 Å². The number of halogens is 3. The summed E-state index contributed by atoms with van der Waals surface area (Å²) in [6, 6.07) is 6.13. The third-order valence-electron chi connectivity index (χ3n) is 6.01. The molecule has 0 saturated heterocycles. The number of nitrogens with one attached hydrogen (secondary N) is 1. The molecule has 0 atom stereocenters. The monoisotopic (exact) mass is 455 g/mol. The van der Waals surface area contributed by atoms with Crippen LogP contribution in [-0.4, -0.2) is 39.1 Å². The zero-order chi connectivity index (χ0) is 23.8. The first-order valence-corrected chi connectivity index (χ1v) is 10.6. The first kappa shape index (κ1) is 22.7. The van der Waals surface area contributed by atoms with Crippen molar-refractivity contribution in [2.75, 3.05) is 18.4 Å². The quantitative estimate of drug-likeness (QED) is 0.606. The van der Waals surface area contributed by atoms with Crippen LogP contribution in [0.1, 0.15) is 41.3 Å². The molecule has 0 aliphatic carbocycles. The highest BCUT2D eigenvalue weighted by molar-refractivity contribution is 5.92. The molecule has 1 aliphatic rings. The van der Waals surface area contributed by atoms with Gasteiger partial charge < -0.3 is 10.2 Å². The lowest BCUT2D eigenvalue weighted by molar-refractivity contribution is -0.138. The molecular weight excluding hydrogens is 431 g/mol. The van der Waals surface area contributed by atoms with E-state index in [-0.39, 0.29) is 18.0 Å². The zero-order valence-corrected chi connectivity index (χ0v) is 18.6. The summed E-state index contributed by atoms with van der Waals surface area (Å²) in [6.45, 7) is 6.21. The van der Waals surface area contributed by atoms with E-state index < -0.39 is 11.7 Å². The lowest BCUT2D eigenvalue weighted by atomic mass is 9.99. The molecule has 2 aromatic heterocycles. The molecule has 0 spiro atoms. The third kappa shape index (κ3) is 4.67. The standard InChI is InChI=1S/C24H24F3N5O/c1-14-18(5-4-6-21(14)24(25,26)27)12-29-23-20-11-19(13-28-22(20)15(2)30-31-23)17-7-9-32(10-8-17)16(3)33/h4-7,11,13H,8-10,12H2,1-3H3,(H,29,31). The van der Waals surface area contributed by atoms with Gasteiger partial charge in [-0.1, -0.05) is 18.2 Å². The van der Waals surface area contributed by atoms with Crippen LogP contribution in [0.25, 0.3) is 16.5 Å². The van der Waals surface area contributed by atoms with Gasteiger partial charge in [0.15, 0.2) is 5.82 Å². The van der Waals surface area contributed by atoms with E-state index >= 15 is 0 Å². The number of aryl methyl sites for hydroxylation is 1. The van der Waals surface area contributed by atoms with Crippen molar-refractivity contribution < 1.29 is 18.0 Å². The normalized spacial score (nSPS) is 14.4. The highest BCUT2D eigenvalue weighted by atomic mass is 19.4. The first-order chi connectivity index (χ1) is 15.6. The van der Waals surface area contributed by atoms with E-state index in [1.54, 1.807) is 24.1 Å². The van der Waals surface area contributed by atoms with E-state index in [1.807, 2.05) is 19.1 Å². The Kier molecular flexibility index (Phi) is 6.05. The summed E-state index contributed by atoms with van der Waals surface area (Å²) in [5, 5.41) is 12.3. The predicted octanol–water partition coefficient (Wildman–Crippen LogP) is 4.91. The number of anilines is 1. The molecule has 0 radical (unpaired) electrons. The third-order valence-corrected chi connectivity index (χ3v) is 6.01. The Morgan fingerprint density at radius 1 is 1.21 bits per heavy atom. The minimum absolute atomic E-state index is 0.0456. The Hall–Kier alpha value is -3.49. The van der Waals surface area contributed by atoms with Gasteiger partial charge in [-0.05, 0) is 54.7 Å². The molecule has 9 heteroatoms. The van der Waals surface area contributed by atoms with Crippen LogP contribution in [0.3, 0.4) is 0 Å². The number of benzene rings is 1. The van der Waals surface area contributed by atoms with Crippen LogP contribution < -0.4 is 5.32 Å². The number of hydrogen-bond acceptors (Lipinski definition) is 5. The van der Waals surface area contributed by atoms with Gasteiger partial charge in [-0.15, -0.1) is 5.10 Å². The van der Waals surface area contributed by atoms with E-state index in [2.05, 4.69) is 20.5 Å². The molecule has 172 valence electrons. The van der Waals surface area contributed by atoms with Gasteiger partial charge in [0.2, 0.25) is 5.91 Å². The topological polar surface area (TPSA) is 71.0 Å². The van der Waals surface area contributed by atoms with Crippen molar-refractivity contribution in [1.82, 2.24) is 20.1 Å². The molecule has 6 nitrogen and oxygen atoms in total. The van der Waals surface area contributed by atoms with E-state index in [0.29, 0.717) is 35.7 Å². The number of pyridine rings is 1. The van der Waals surface area contributed by atoms with Gasteiger partial charge in [0, 0.05) is 38.1 Å². The average Bonchev–Trinajstić information content (AvgIpc) is 2.78. The summed E-state index contributed by atoms with van der Waals surface area (Å²) in [7, 11) is 0. The molecule has 0 unspecified atom stereocenters. The first-order valence-electron chi connectivity index (χ1n) is 10.6. The number of rotatable bonds is 4. The Balaban J connectivity index is 1.65. The molecule has 1 aliphatic heterocycles. The van der Waals surface area contributed by atoms with E-state index in [1.165, 1.54) is 13.0 Å². The maximum Gasteiger partial charge on any atom is 0.416 e. The number of aromatic nitrogens is 3. The Morgan fingerprint density at radius 3 is 2.67 bits per heavy atom. The number of hydrogen-bond donors (Lipinski definition) is 1. The summed E-state index contributed by atoms with van der Waals surface area (Å²) in [5.74, 6) is 0.507. The summed E-state index contributed by atoms with van der Waals surface area (Å²) in [4.78, 5) is 17.9. The second-order valence-corrected chi connectivity index (χ2v) is 8.14. The van der Waals surface area contributed by atoms with Gasteiger partial charge in [-0.25, -0.2) is 0 Å². The molecular formula is C24H24F3N5O. The van der Waals surface area contributed by atoms with Crippen LogP contribution >= 0.6 is 0 Å². The summed E-state index contributed by atoms with van der Waals surface area (Å²) in [5.41, 5.74) is 3.44. The van der Waals surface area contributed by atoms with Gasteiger partial charge >= 0.3 is 6.18 Å². The maximum atomic E-state index is 13.3. The molecule has 3 heterocycles. The van der Waals surface area contributed by atoms with Crippen molar-refractivity contribution in [2.45, 2.75) is 39.9 Å². The van der Waals surface area contributed by atoms with Gasteiger partial charge in [0.1, 0.15) is 0 Å². The highest BCUT2D eigenvalue weighted by Gasteiger charge is 2.32. The molecule has 0 fully saturated rings. The minimum atomic E-state index is -4.40. The van der Waals surface area contributed by atoms with Gasteiger partial charge in [-0.2, -0.15) is 18.3 Å². The fourth-order valence-electron chi connectivity index (χ4n) is 4.04. The number of amides is 1. The van der Waals surface area contributed by atoms with Gasteiger partial charge in [-0.3, -0.25) is 9.78 Å². The smallest absolute Gasteiger partial charge is 0.364 e. The largest absolute Gasteiger partial charge is 0.416 e. The second kappa shape index (κ2) is 8.80. The molecule has 4 rings (SSSR count). The van der Waals surface area contributed by atoms with Crippen LogP contribution in [0.2, 0.25) is 0 Å². The number of carbonyl (C=O) groups is 1. The molecule has 1 N–H and O–H groups in total. The van der Waals surface area contributed by atoms with Crippen molar-refractivity contribution in [3.63, 3.8) is 0 Å². The lowest BCUT2D eigenvalue weighted by Gasteiger charge is -2.25. The predicted molar refractivity (Wildman–Crippen MR) is 120 cm³/mol. The Labute approximate surface area is 189 Å². The summed E-state index contributed by atoms with van der Waals surface area (Å²) >= 11 is 0. The van der Waals surface area contributed by atoms with Gasteiger partial charge in [0.05, 0.1) is 16.8 Å². The lowest BCUT2D eigenvalue weighted by Crippen LogP contribution is -2.32. The van der Waals surface area contributed by atoms with Gasteiger partial charge in [0.25, 0.3) is 0 Å². The van der Waals surface area contributed by atoms with Crippen molar-refractivity contribution in [1.29, 1.82) is 0 Å². The molecule has 33 heavy (non-hydrogen) atoms. The average molecular weight is 455 g/mol. The summed E-state index contributed by atoms with van der Waals surface area (Å²) < 4.78 is 39.8. The highest BCUT2D eigenvalue weighted by Crippen LogP contribution is 2.33. The molecule has 0 bridgehead atoms. The van der Waals surface area contributed by atoms with E-state index in [0.717, 1.165) is 29.0 Å². The van der Waals surface area contributed by atoms with E-state index in [9.17, 15) is 18.0 Å². The number of fused-ring (bicyclic) bond motifs is 1. The van der Waals surface area contributed by atoms with Crippen molar-refractivity contribution in [3.8, 4) is 0 Å². The molecule has 1 amide bonds. The van der Waals surface area contributed by atoms with Crippen molar-refractivity contribution >= 4 is 28.2 Å². The number of alkyl halides is 3. The number of carbonyl (C=O) groups excluding carboxylic acids is 1. The minimum Gasteiger partial charge on any atom is -0.364 e. The fraction of sp³-hybridized carbons (Fsp3) is 0.333. The van der Waals surface area contributed by atoms with Crippen LogP contribution in [0.15, 0.2) is 36.5 Å². The Bertz CT molecular complexity index is 1250. The second-order valence-electron chi connectivity index (χ2n) is 8.14. The van der Waals surface area contributed by atoms with Crippen LogP contribution in [0.5, 0.6) is 0 Å². The molecule has 3 aromatic rings. The fourth-order valence-corrected chi connectivity index (χ4v) is 4.04. The number of nitrogens with zero attached hydrogens (tertiary/aromatic N) is 4. The molecule has 0 saturated carbocycles. The van der Waals surface area contributed by atoms with Crippen molar-refractivity contribution in [3.05, 3.63) is 64.5 Å². The summed E-state index contributed by atoms with van der Waals surface area (Å²) in [6.07, 6.45) is 0.124. The zero-order valence-electron chi connectivity index (χ0n) is 18.6. The Morgan fingerprint density at radius 2 is 2.00 bits per heavy atom. The maximum absolute atomic E-state index is 13.3. The SMILES string of the molecule is CC(=O)N1CC=C(c2cnc3c(C)nnc(NCc4cccc(C(F)(F)F)c4C)c3c2)CC1. The van der Waals surface area contributed by atoms with E-state index in [4.69, 9.17) is 0 Å².